The first-order valence-electron chi connectivity index (χ1n) is 6.36. The Morgan fingerprint density at radius 1 is 1.17 bits per heavy atom. The van der Waals surface area contributed by atoms with Crippen LogP contribution in [0.3, 0.4) is 0 Å². The Bertz CT molecular complexity index is 514. The molecule has 0 N–H and O–H groups in total. The van der Waals surface area contributed by atoms with E-state index >= 15 is 0 Å². The van der Waals surface area contributed by atoms with E-state index in [0.29, 0.717) is 19.0 Å². The van der Waals surface area contributed by atoms with Crippen molar-refractivity contribution in [3.05, 3.63) is 48.0 Å². The maximum absolute atomic E-state index is 10.1. The van der Waals surface area contributed by atoms with E-state index in [9.17, 15) is 4.79 Å². The summed E-state index contributed by atoms with van der Waals surface area (Å²) in [6.45, 7) is 3.25. The molecule has 1 atom stereocenters. The molecule has 0 aliphatic heterocycles. The number of ether oxygens (including phenoxy) is 1. The van der Waals surface area contributed by atoms with Crippen molar-refractivity contribution in [3.8, 4) is 0 Å². The average Bonchev–Trinajstić information content (AvgIpc) is 2.43. The molecule has 0 bridgehead atoms. The molecule has 18 heavy (non-hydrogen) atoms. The SMILES string of the molecule is CC(CCCOC=O)c1cccc2ccccc12. The molecule has 2 heteroatoms. The Hall–Kier alpha value is -1.83. The molecule has 2 nitrogen and oxygen atoms in total. The van der Waals surface area contributed by atoms with Crippen molar-refractivity contribution >= 4 is 17.2 Å². The fraction of sp³-hybridized carbons (Fsp3) is 0.312. The van der Waals surface area contributed by atoms with Crippen LogP contribution < -0.4 is 0 Å². The molecule has 0 saturated carbocycles. The number of carbonyl (C=O) groups is 1. The van der Waals surface area contributed by atoms with E-state index in [1.807, 2.05) is 0 Å². The fourth-order valence-electron chi connectivity index (χ4n) is 2.36. The van der Waals surface area contributed by atoms with Gasteiger partial charge in [0.25, 0.3) is 6.47 Å². The molecule has 2 aromatic carbocycles. The number of hydrogen-bond acceptors (Lipinski definition) is 2. The van der Waals surface area contributed by atoms with E-state index in [1.165, 1.54) is 16.3 Å². The molecule has 0 fully saturated rings. The van der Waals surface area contributed by atoms with Gasteiger partial charge in [-0.3, -0.25) is 4.79 Å². The van der Waals surface area contributed by atoms with E-state index < -0.39 is 0 Å². The second-order valence-electron chi connectivity index (χ2n) is 4.58. The zero-order valence-corrected chi connectivity index (χ0v) is 10.6. The summed E-state index contributed by atoms with van der Waals surface area (Å²) in [6.07, 6.45) is 1.94. The zero-order chi connectivity index (χ0) is 12.8. The van der Waals surface area contributed by atoms with Gasteiger partial charge in [0.05, 0.1) is 6.61 Å². The van der Waals surface area contributed by atoms with Gasteiger partial charge in [-0.15, -0.1) is 0 Å². The predicted octanol–water partition coefficient (Wildman–Crippen LogP) is 3.90. The van der Waals surface area contributed by atoms with Crippen LogP contribution in [0.15, 0.2) is 42.5 Å². The molecule has 0 heterocycles. The van der Waals surface area contributed by atoms with Crippen LogP contribution in [0, 0.1) is 0 Å². The van der Waals surface area contributed by atoms with Crippen LogP contribution in [-0.4, -0.2) is 13.1 Å². The highest BCUT2D eigenvalue weighted by molar-refractivity contribution is 5.86. The minimum atomic E-state index is 0.478. The standard InChI is InChI=1S/C16H18O2/c1-13(6-5-11-18-12-17)15-10-4-8-14-7-2-3-9-16(14)15/h2-4,7-10,12-13H,5-6,11H2,1H3. The number of fused-ring (bicyclic) bond motifs is 1. The second kappa shape index (κ2) is 6.20. The van der Waals surface area contributed by atoms with E-state index in [2.05, 4.69) is 49.4 Å². The summed E-state index contributed by atoms with van der Waals surface area (Å²) in [6, 6.07) is 14.9. The van der Waals surface area contributed by atoms with Crippen molar-refractivity contribution in [1.82, 2.24) is 0 Å². The molecule has 0 aromatic heterocycles. The van der Waals surface area contributed by atoms with Crippen molar-refractivity contribution in [1.29, 1.82) is 0 Å². The van der Waals surface area contributed by atoms with Crippen LogP contribution in [0.4, 0.5) is 0 Å². The molecule has 0 aliphatic carbocycles. The molecule has 0 spiro atoms. The molecule has 94 valence electrons. The van der Waals surface area contributed by atoms with Crippen LogP contribution in [0.5, 0.6) is 0 Å². The van der Waals surface area contributed by atoms with Crippen molar-refractivity contribution < 1.29 is 9.53 Å². The van der Waals surface area contributed by atoms with Crippen molar-refractivity contribution in [3.63, 3.8) is 0 Å². The van der Waals surface area contributed by atoms with Gasteiger partial charge in [0.2, 0.25) is 0 Å². The average molecular weight is 242 g/mol. The molecular formula is C16H18O2. The number of carbonyl (C=O) groups excluding carboxylic acids is 1. The zero-order valence-electron chi connectivity index (χ0n) is 10.6. The van der Waals surface area contributed by atoms with Crippen LogP contribution >= 0.6 is 0 Å². The molecule has 2 aromatic rings. The summed E-state index contributed by atoms with van der Waals surface area (Å²) >= 11 is 0. The van der Waals surface area contributed by atoms with Crippen molar-refractivity contribution in [2.24, 2.45) is 0 Å². The number of benzene rings is 2. The normalized spacial score (nSPS) is 12.3. The largest absolute Gasteiger partial charge is 0.468 e. The van der Waals surface area contributed by atoms with Crippen LogP contribution in [0.2, 0.25) is 0 Å². The molecule has 1 unspecified atom stereocenters. The van der Waals surface area contributed by atoms with Crippen molar-refractivity contribution in [2.45, 2.75) is 25.7 Å². The van der Waals surface area contributed by atoms with E-state index in [-0.39, 0.29) is 0 Å². The summed E-state index contributed by atoms with van der Waals surface area (Å²) in [7, 11) is 0. The molecule has 0 radical (unpaired) electrons. The Labute approximate surface area is 108 Å². The third-order valence-electron chi connectivity index (χ3n) is 3.32. The van der Waals surface area contributed by atoms with Gasteiger partial charge < -0.3 is 4.74 Å². The van der Waals surface area contributed by atoms with Gasteiger partial charge in [0, 0.05) is 0 Å². The minimum absolute atomic E-state index is 0.478. The second-order valence-corrected chi connectivity index (χ2v) is 4.58. The highest BCUT2D eigenvalue weighted by Crippen LogP contribution is 2.28. The van der Waals surface area contributed by atoms with Gasteiger partial charge in [-0.2, -0.15) is 0 Å². The Morgan fingerprint density at radius 2 is 1.94 bits per heavy atom. The van der Waals surface area contributed by atoms with Crippen LogP contribution in [-0.2, 0) is 9.53 Å². The Morgan fingerprint density at radius 3 is 2.78 bits per heavy atom. The predicted molar refractivity (Wildman–Crippen MR) is 73.6 cm³/mol. The first kappa shape index (κ1) is 12.6. The maximum atomic E-state index is 10.1. The first-order valence-corrected chi connectivity index (χ1v) is 6.36. The Balaban J connectivity index is 2.12. The summed E-state index contributed by atoms with van der Waals surface area (Å²) in [4.78, 5) is 10.1. The van der Waals surface area contributed by atoms with Crippen LogP contribution in [0.1, 0.15) is 31.2 Å². The summed E-state index contributed by atoms with van der Waals surface area (Å²) in [5.41, 5.74) is 1.37. The third-order valence-corrected chi connectivity index (χ3v) is 3.32. The van der Waals surface area contributed by atoms with E-state index in [0.717, 1.165) is 12.8 Å². The fourth-order valence-corrected chi connectivity index (χ4v) is 2.36. The summed E-state index contributed by atoms with van der Waals surface area (Å²) in [5, 5.41) is 2.61. The molecular weight excluding hydrogens is 224 g/mol. The topological polar surface area (TPSA) is 26.3 Å². The van der Waals surface area contributed by atoms with Gasteiger partial charge in [-0.1, -0.05) is 49.4 Å². The highest BCUT2D eigenvalue weighted by Gasteiger charge is 2.08. The molecule has 0 saturated heterocycles. The van der Waals surface area contributed by atoms with Crippen molar-refractivity contribution in [2.75, 3.05) is 6.61 Å². The van der Waals surface area contributed by atoms with Gasteiger partial charge >= 0.3 is 0 Å². The van der Waals surface area contributed by atoms with Gasteiger partial charge in [-0.25, -0.2) is 0 Å². The minimum Gasteiger partial charge on any atom is -0.468 e. The third kappa shape index (κ3) is 2.89. The lowest BCUT2D eigenvalue weighted by molar-refractivity contribution is -0.128. The maximum Gasteiger partial charge on any atom is 0.293 e. The summed E-state index contributed by atoms with van der Waals surface area (Å²) in [5.74, 6) is 0.478. The molecule has 0 aliphatic rings. The first-order chi connectivity index (χ1) is 8.83. The van der Waals surface area contributed by atoms with E-state index in [1.54, 1.807) is 0 Å². The van der Waals surface area contributed by atoms with Gasteiger partial charge in [0.1, 0.15) is 0 Å². The van der Waals surface area contributed by atoms with Crippen LogP contribution in [0.25, 0.3) is 10.8 Å². The molecule has 2 rings (SSSR count). The van der Waals surface area contributed by atoms with E-state index in [4.69, 9.17) is 4.74 Å². The monoisotopic (exact) mass is 242 g/mol. The number of hydrogen-bond donors (Lipinski definition) is 0. The highest BCUT2D eigenvalue weighted by atomic mass is 16.5. The lowest BCUT2D eigenvalue weighted by Gasteiger charge is -2.14. The quantitative estimate of drug-likeness (QED) is 0.567. The summed E-state index contributed by atoms with van der Waals surface area (Å²) < 4.78 is 4.73. The molecule has 0 amide bonds. The van der Waals surface area contributed by atoms with Gasteiger partial charge in [-0.05, 0) is 35.1 Å². The lowest BCUT2D eigenvalue weighted by Crippen LogP contribution is -1.98. The number of rotatable bonds is 6. The van der Waals surface area contributed by atoms with Gasteiger partial charge in [0.15, 0.2) is 0 Å². The lowest BCUT2D eigenvalue weighted by atomic mass is 9.92. The Kier molecular flexibility index (Phi) is 4.35. The smallest absolute Gasteiger partial charge is 0.293 e.